The zero-order valence-electron chi connectivity index (χ0n) is 18.5. The first kappa shape index (κ1) is 21.2. The molecule has 0 atom stereocenters. The van der Waals surface area contributed by atoms with Gasteiger partial charge < -0.3 is 9.47 Å². The van der Waals surface area contributed by atoms with E-state index in [-0.39, 0.29) is 17.3 Å². The standard InChI is InChI=1S/C29H21NO4/c1-20-9-8-10-21(17-20)18-27-28(31)25-16-15-24(19-26(25)34-27)33-29(32)30(22-11-4-2-5-12-22)23-13-6-3-7-14-23/h2-19H,1H3. The number of benzene rings is 4. The molecule has 5 heteroatoms. The summed E-state index contributed by atoms with van der Waals surface area (Å²) < 4.78 is 11.5. The number of allylic oxidation sites excluding steroid dienone is 1. The van der Waals surface area contributed by atoms with E-state index in [9.17, 15) is 9.59 Å². The molecule has 0 bridgehead atoms. The van der Waals surface area contributed by atoms with E-state index in [1.54, 1.807) is 24.3 Å². The molecule has 0 aliphatic carbocycles. The fourth-order valence-electron chi connectivity index (χ4n) is 3.80. The minimum absolute atomic E-state index is 0.204. The number of nitrogens with zero attached hydrogens (tertiary/aromatic N) is 1. The van der Waals surface area contributed by atoms with Gasteiger partial charge in [-0.25, -0.2) is 9.69 Å². The molecule has 0 fully saturated rings. The van der Waals surface area contributed by atoms with Gasteiger partial charge in [0, 0.05) is 6.07 Å². The maximum Gasteiger partial charge on any atom is 0.424 e. The Labute approximate surface area is 197 Å². The Bertz CT molecular complexity index is 1350. The van der Waals surface area contributed by atoms with E-state index in [0.717, 1.165) is 11.1 Å². The van der Waals surface area contributed by atoms with Crippen LogP contribution in [0.3, 0.4) is 0 Å². The SMILES string of the molecule is Cc1cccc(C=C2Oc3cc(OC(=O)N(c4ccccc4)c4ccccc4)ccc3C2=O)c1. The van der Waals surface area contributed by atoms with Crippen molar-refractivity contribution < 1.29 is 19.1 Å². The summed E-state index contributed by atoms with van der Waals surface area (Å²) in [5, 5.41) is 0. The zero-order chi connectivity index (χ0) is 23.5. The van der Waals surface area contributed by atoms with Gasteiger partial charge in [0.1, 0.15) is 11.5 Å². The second kappa shape index (κ2) is 9.08. The topological polar surface area (TPSA) is 55.8 Å². The highest BCUT2D eigenvalue weighted by Crippen LogP contribution is 2.35. The number of hydrogen-bond donors (Lipinski definition) is 0. The van der Waals surface area contributed by atoms with Crippen molar-refractivity contribution in [1.29, 1.82) is 0 Å². The van der Waals surface area contributed by atoms with Gasteiger partial charge in [0.2, 0.25) is 5.78 Å². The fraction of sp³-hybridized carbons (Fsp3) is 0.0345. The number of anilines is 2. The predicted molar refractivity (Wildman–Crippen MR) is 132 cm³/mol. The van der Waals surface area contributed by atoms with Crippen LogP contribution in [0.1, 0.15) is 21.5 Å². The van der Waals surface area contributed by atoms with Crippen LogP contribution in [0.2, 0.25) is 0 Å². The third-order valence-corrected chi connectivity index (χ3v) is 5.40. The van der Waals surface area contributed by atoms with Crippen LogP contribution in [0.5, 0.6) is 11.5 Å². The summed E-state index contributed by atoms with van der Waals surface area (Å²) in [5.41, 5.74) is 3.75. The van der Waals surface area contributed by atoms with Crippen molar-refractivity contribution in [2.45, 2.75) is 6.92 Å². The van der Waals surface area contributed by atoms with E-state index in [1.807, 2.05) is 91.9 Å². The monoisotopic (exact) mass is 447 g/mol. The molecule has 1 amide bonds. The summed E-state index contributed by atoms with van der Waals surface area (Å²) in [7, 11) is 0. The van der Waals surface area contributed by atoms with Gasteiger partial charge in [-0.15, -0.1) is 0 Å². The number of hydrogen-bond acceptors (Lipinski definition) is 4. The minimum Gasteiger partial charge on any atom is -0.452 e. The van der Waals surface area contributed by atoms with Gasteiger partial charge in [-0.3, -0.25) is 4.79 Å². The Morgan fingerprint density at radius 2 is 1.50 bits per heavy atom. The average molecular weight is 447 g/mol. The molecule has 0 N–H and O–H groups in total. The molecule has 5 rings (SSSR count). The Morgan fingerprint density at radius 1 is 0.824 bits per heavy atom. The van der Waals surface area contributed by atoms with Gasteiger partial charge in [-0.05, 0) is 55.0 Å². The Kier molecular flexibility index (Phi) is 5.67. The van der Waals surface area contributed by atoms with E-state index < -0.39 is 6.09 Å². The van der Waals surface area contributed by atoms with Crippen molar-refractivity contribution in [3.63, 3.8) is 0 Å². The van der Waals surface area contributed by atoms with Crippen LogP contribution in [0.15, 0.2) is 109 Å². The van der Waals surface area contributed by atoms with E-state index >= 15 is 0 Å². The van der Waals surface area contributed by atoms with Crippen LogP contribution in [0.25, 0.3) is 6.08 Å². The Hall–Kier alpha value is -4.64. The van der Waals surface area contributed by atoms with Crippen molar-refractivity contribution in [3.05, 3.63) is 126 Å². The molecule has 0 aromatic heterocycles. The van der Waals surface area contributed by atoms with Crippen molar-refractivity contribution >= 4 is 29.3 Å². The first-order chi connectivity index (χ1) is 16.6. The number of amides is 1. The third kappa shape index (κ3) is 4.32. The third-order valence-electron chi connectivity index (χ3n) is 5.40. The molecule has 1 heterocycles. The first-order valence-electron chi connectivity index (χ1n) is 10.9. The van der Waals surface area contributed by atoms with Crippen LogP contribution in [0, 0.1) is 6.92 Å². The zero-order valence-corrected chi connectivity index (χ0v) is 18.5. The summed E-state index contributed by atoms with van der Waals surface area (Å²) in [6.45, 7) is 1.99. The summed E-state index contributed by atoms with van der Waals surface area (Å²) in [6, 6.07) is 31.1. The highest BCUT2D eigenvalue weighted by molar-refractivity contribution is 6.14. The quantitative estimate of drug-likeness (QED) is 0.318. The maximum atomic E-state index is 13.2. The van der Waals surface area contributed by atoms with Crippen LogP contribution in [-0.2, 0) is 0 Å². The first-order valence-corrected chi connectivity index (χ1v) is 10.9. The molecule has 0 saturated carbocycles. The average Bonchev–Trinajstić information content (AvgIpc) is 3.15. The summed E-state index contributed by atoms with van der Waals surface area (Å²) in [4.78, 5) is 27.5. The van der Waals surface area contributed by atoms with Gasteiger partial charge in [-0.1, -0.05) is 66.2 Å². The molecule has 166 valence electrons. The lowest BCUT2D eigenvalue weighted by Gasteiger charge is -2.22. The molecular formula is C29H21NO4. The number of carbonyl (C=O) groups excluding carboxylic acids is 2. The molecule has 0 radical (unpaired) electrons. The maximum absolute atomic E-state index is 13.2. The van der Waals surface area contributed by atoms with Gasteiger partial charge >= 0.3 is 6.09 Å². The predicted octanol–water partition coefficient (Wildman–Crippen LogP) is 6.95. The van der Waals surface area contributed by atoms with Gasteiger partial charge in [0.15, 0.2) is 5.76 Å². The number of para-hydroxylation sites is 2. The van der Waals surface area contributed by atoms with Crippen molar-refractivity contribution in [3.8, 4) is 11.5 Å². The summed E-state index contributed by atoms with van der Waals surface area (Å²) in [5.74, 6) is 0.675. The number of aryl methyl sites for hydroxylation is 1. The van der Waals surface area contributed by atoms with Gasteiger partial charge in [-0.2, -0.15) is 0 Å². The van der Waals surface area contributed by atoms with Crippen molar-refractivity contribution in [1.82, 2.24) is 0 Å². The molecule has 5 nitrogen and oxygen atoms in total. The lowest BCUT2D eigenvalue weighted by atomic mass is 10.1. The normalized spacial score (nSPS) is 13.3. The Balaban J connectivity index is 1.40. The number of rotatable bonds is 4. The van der Waals surface area contributed by atoms with E-state index in [2.05, 4.69) is 0 Å². The number of ether oxygens (including phenoxy) is 2. The van der Waals surface area contributed by atoms with Crippen LogP contribution < -0.4 is 14.4 Å². The molecule has 34 heavy (non-hydrogen) atoms. The molecule has 4 aromatic rings. The molecule has 0 spiro atoms. The lowest BCUT2D eigenvalue weighted by molar-refractivity contribution is 0.101. The van der Waals surface area contributed by atoms with Crippen LogP contribution in [-0.4, -0.2) is 11.9 Å². The molecule has 0 unspecified atom stereocenters. The Morgan fingerprint density at radius 3 is 2.15 bits per heavy atom. The molecule has 1 aliphatic heterocycles. The summed E-state index contributed by atoms with van der Waals surface area (Å²) in [6.07, 6.45) is 1.14. The second-order valence-electron chi connectivity index (χ2n) is 7.89. The molecule has 1 aliphatic rings. The van der Waals surface area contributed by atoms with Crippen molar-refractivity contribution in [2.24, 2.45) is 0 Å². The van der Waals surface area contributed by atoms with E-state index in [1.165, 1.54) is 4.90 Å². The van der Waals surface area contributed by atoms with Crippen LogP contribution in [0.4, 0.5) is 16.2 Å². The smallest absolute Gasteiger partial charge is 0.424 e. The number of carbonyl (C=O) groups is 2. The largest absolute Gasteiger partial charge is 0.452 e. The summed E-state index contributed by atoms with van der Waals surface area (Å²) >= 11 is 0. The highest BCUT2D eigenvalue weighted by atomic mass is 16.6. The number of ketones is 1. The van der Waals surface area contributed by atoms with Gasteiger partial charge in [0.25, 0.3) is 0 Å². The van der Waals surface area contributed by atoms with E-state index in [0.29, 0.717) is 22.7 Å². The number of Topliss-reactive ketones (excluding diaryl/α,β-unsaturated/α-hetero) is 1. The highest BCUT2D eigenvalue weighted by Gasteiger charge is 2.28. The second-order valence-corrected chi connectivity index (χ2v) is 7.89. The van der Waals surface area contributed by atoms with E-state index in [4.69, 9.17) is 9.47 Å². The van der Waals surface area contributed by atoms with Crippen molar-refractivity contribution in [2.75, 3.05) is 4.90 Å². The van der Waals surface area contributed by atoms with Crippen LogP contribution >= 0.6 is 0 Å². The fourth-order valence-corrected chi connectivity index (χ4v) is 3.80. The lowest BCUT2D eigenvalue weighted by Crippen LogP contribution is -2.29. The number of fused-ring (bicyclic) bond motifs is 1. The minimum atomic E-state index is -0.572. The van der Waals surface area contributed by atoms with Gasteiger partial charge in [0.05, 0.1) is 16.9 Å². The molecule has 4 aromatic carbocycles. The molecule has 0 saturated heterocycles. The molecular weight excluding hydrogens is 426 g/mol.